The Morgan fingerprint density at radius 1 is 1.28 bits per heavy atom. The molecule has 9 heteroatoms. The van der Waals surface area contributed by atoms with Gasteiger partial charge in [0.2, 0.25) is 0 Å². The van der Waals surface area contributed by atoms with Crippen molar-refractivity contribution in [3.63, 3.8) is 0 Å². The van der Waals surface area contributed by atoms with Crippen molar-refractivity contribution in [1.29, 1.82) is 0 Å². The van der Waals surface area contributed by atoms with Crippen LogP contribution in [0, 0.1) is 5.92 Å². The number of benzene rings is 1. The summed E-state index contributed by atoms with van der Waals surface area (Å²) >= 11 is 0. The van der Waals surface area contributed by atoms with Gasteiger partial charge in [-0.3, -0.25) is 9.59 Å². The molecule has 0 aromatic heterocycles. The van der Waals surface area contributed by atoms with Crippen LogP contribution in [0.15, 0.2) is 40.6 Å². The Hall–Kier alpha value is -3.49. The van der Waals surface area contributed by atoms with Crippen molar-refractivity contribution >= 4 is 35.6 Å². The molecule has 0 saturated heterocycles. The van der Waals surface area contributed by atoms with E-state index in [-0.39, 0.29) is 0 Å². The maximum Gasteiger partial charge on any atom is 0.446 e. The van der Waals surface area contributed by atoms with Crippen LogP contribution in [0.5, 0.6) is 5.75 Å². The van der Waals surface area contributed by atoms with Crippen molar-refractivity contribution in [3.05, 3.63) is 35.6 Å². The van der Waals surface area contributed by atoms with Crippen LogP contribution < -0.4 is 10.1 Å². The van der Waals surface area contributed by atoms with Crippen LogP contribution in [0.1, 0.15) is 13.8 Å². The lowest BCUT2D eigenvalue weighted by Crippen LogP contribution is -2.56. The highest BCUT2D eigenvalue weighted by Gasteiger charge is 2.50. The summed E-state index contributed by atoms with van der Waals surface area (Å²) in [5.41, 5.74) is 1.24. The number of carbonyl (C=O) groups is 3. The fourth-order valence-electron chi connectivity index (χ4n) is 3.19. The zero-order valence-electron chi connectivity index (χ0n) is 16.8. The summed E-state index contributed by atoms with van der Waals surface area (Å²) in [6, 6.07) is 6.12. The number of nitrogens with one attached hydrogen (secondary N) is 1. The van der Waals surface area contributed by atoms with E-state index in [0.29, 0.717) is 35.2 Å². The normalized spacial score (nSPS) is 18.8. The SMILES string of the molecule is CCOC1=C(C)C=NC2=[N+](C)C(=O)N(CC(=O)Nc3ccc(OC)cc3)C(=O)C12. The van der Waals surface area contributed by atoms with Crippen molar-refractivity contribution in [2.45, 2.75) is 13.8 Å². The van der Waals surface area contributed by atoms with Gasteiger partial charge in [0.05, 0.1) is 20.8 Å². The van der Waals surface area contributed by atoms with Crippen molar-refractivity contribution in [3.8, 4) is 5.75 Å². The Bertz CT molecular complexity index is 946. The molecule has 1 unspecified atom stereocenters. The second-order valence-electron chi connectivity index (χ2n) is 6.57. The number of amidine groups is 1. The molecule has 9 nitrogen and oxygen atoms in total. The number of aliphatic imine (C=N–C) groups is 1. The van der Waals surface area contributed by atoms with Crippen LogP contribution >= 0.6 is 0 Å². The molecule has 1 N–H and O–H groups in total. The molecule has 152 valence electrons. The summed E-state index contributed by atoms with van der Waals surface area (Å²) in [6.45, 7) is 3.55. The topological polar surface area (TPSA) is 100 Å². The fraction of sp³-hybridized carbons (Fsp3) is 0.350. The van der Waals surface area contributed by atoms with Crippen LogP contribution in [0.2, 0.25) is 0 Å². The first-order valence-electron chi connectivity index (χ1n) is 9.14. The van der Waals surface area contributed by atoms with Crippen LogP contribution in [0.3, 0.4) is 0 Å². The molecule has 0 saturated carbocycles. The second kappa shape index (κ2) is 8.26. The van der Waals surface area contributed by atoms with Gasteiger partial charge in [0.15, 0.2) is 12.5 Å². The molecule has 3 rings (SSSR count). The smallest absolute Gasteiger partial charge is 0.446 e. The van der Waals surface area contributed by atoms with Gasteiger partial charge >= 0.3 is 11.9 Å². The molecule has 2 aliphatic rings. The van der Waals surface area contributed by atoms with E-state index in [1.165, 1.54) is 11.6 Å². The number of urea groups is 1. The number of imide groups is 1. The Balaban J connectivity index is 1.82. The largest absolute Gasteiger partial charge is 0.497 e. The molecule has 4 amide bonds. The number of nitrogens with zero attached hydrogens (tertiary/aromatic N) is 3. The lowest BCUT2D eigenvalue weighted by atomic mass is 9.96. The third kappa shape index (κ3) is 3.89. The third-order valence-corrected chi connectivity index (χ3v) is 4.65. The zero-order chi connectivity index (χ0) is 21.1. The molecule has 0 aliphatic carbocycles. The number of anilines is 1. The van der Waals surface area contributed by atoms with Crippen molar-refractivity contribution in [2.24, 2.45) is 10.9 Å². The summed E-state index contributed by atoms with van der Waals surface area (Å²) in [5.74, 6) is -0.489. The number of allylic oxidation sites excluding steroid dienone is 1. The third-order valence-electron chi connectivity index (χ3n) is 4.65. The molecule has 0 fully saturated rings. The summed E-state index contributed by atoms with van der Waals surface area (Å²) < 4.78 is 12.0. The van der Waals surface area contributed by atoms with E-state index in [1.807, 2.05) is 6.92 Å². The highest BCUT2D eigenvalue weighted by molar-refractivity contribution is 6.17. The molecule has 29 heavy (non-hydrogen) atoms. The first-order chi connectivity index (χ1) is 13.9. The lowest BCUT2D eigenvalue weighted by Gasteiger charge is -2.29. The van der Waals surface area contributed by atoms with Crippen LogP contribution in [-0.2, 0) is 14.3 Å². The van der Waals surface area contributed by atoms with E-state index in [4.69, 9.17) is 9.47 Å². The van der Waals surface area contributed by atoms with Gasteiger partial charge in [0.25, 0.3) is 11.7 Å². The second-order valence-corrected chi connectivity index (χ2v) is 6.57. The number of fused-ring (bicyclic) bond motifs is 1. The molecular formula is C20H23N4O5+. The minimum Gasteiger partial charge on any atom is -0.497 e. The number of hydrogen-bond donors (Lipinski definition) is 1. The fourth-order valence-corrected chi connectivity index (χ4v) is 3.19. The lowest BCUT2D eigenvalue weighted by molar-refractivity contribution is -0.408. The molecule has 0 radical (unpaired) electrons. The molecule has 1 aromatic rings. The number of hydrogen-bond acceptors (Lipinski definition) is 6. The average molecular weight is 399 g/mol. The number of ether oxygens (including phenoxy) is 2. The minimum atomic E-state index is -0.851. The summed E-state index contributed by atoms with van der Waals surface area (Å²) in [4.78, 5) is 43.4. The molecular weight excluding hydrogens is 376 g/mol. The maximum atomic E-state index is 13.1. The standard InChI is InChI=1S/C20H22N4O5/c1-5-29-17-12(2)10-21-18-16(17)19(26)24(20(27)23(18)3)11-15(25)22-13-6-8-14(28-4)9-7-13/h6-10,16H,5,11H2,1-4H3/p+1. The van der Waals surface area contributed by atoms with Crippen molar-refractivity contribution in [2.75, 3.05) is 32.6 Å². The Kier molecular flexibility index (Phi) is 5.76. The van der Waals surface area contributed by atoms with E-state index in [9.17, 15) is 14.4 Å². The van der Waals surface area contributed by atoms with E-state index in [0.717, 1.165) is 4.90 Å². The number of amides is 4. The van der Waals surface area contributed by atoms with Crippen molar-refractivity contribution < 1.29 is 28.4 Å². The minimum absolute atomic E-state index is 0.292. The zero-order valence-corrected chi connectivity index (χ0v) is 16.8. The highest BCUT2D eigenvalue weighted by atomic mass is 16.5. The Morgan fingerprint density at radius 3 is 2.59 bits per heavy atom. The number of dihydropyridines is 1. The molecule has 1 aromatic carbocycles. The Morgan fingerprint density at radius 2 is 1.97 bits per heavy atom. The van der Waals surface area contributed by atoms with E-state index < -0.39 is 30.3 Å². The monoisotopic (exact) mass is 399 g/mol. The van der Waals surface area contributed by atoms with Gasteiger partial charge in [-0.05, 0) is 38.1 Å². The molecule has 2 aliphatic heterocycles. The van der Waals surface area contributed by atoms with Crippen LogP contribution in [0.4, 0.5) is 10.5 Å². The van der Waals surface area contributed by atoms with Gasteiger partial charge in [0, 0.05) is 11.3 Å². The quantitative estimate of drug-likeness (QED) is 0.733. The Labute approximate surface area is 168 Å². The van der Waals surface area contributed by atoms with Gasteiger partial charge < -0.3 is 14.8 Å². The maximum absolute atomic E-state index is 13.1. The highest BCUT2D eigenvalue weighted by Crippen LogP contribution is 2.28. The van der Waals surface area contributed by atoms with E-state index in [2.05, 4.69) is 10.3 Å². The predicted molar refractivity (Wildman–Crippen MR) is 106 cm³/mol. The molecule has 0 spiro atoms. The van der Waals surface area contributed by atoms with Crippen LogP contribution in [-0.4, -0.2) is 66.7 Å². The molecule has 2 heterocycles. The average Bonchev–Trinajstić information content (AvgIpc) is 2.71. The number of methoxy groups -OCH3 is 1. The van der Waals surface area contributed by atoms with Gasteiger partial charge in [-0.15, -0.1) is 4.99 Å². The van der Waals surface area contributed by atoms with Gasteiger partial charge in [-0.25, -0.2) is 4.79 Å². The number of carbonyl (C=O) groups excluding carboxylic acids is 3. The van der Waals surface area contributed by atoms with Gasteiger partial charge in [0.1, 0.15) is 17.7 Å². The summed E-state index contributed by atoms with van der Waals surface area (Å²) in [6.07, 6.45) is 1.57. The van der Waals surface area contributed by atoms with E-state index in [1.54, 1.807) is 44.5 Å². The van der Waals surface area contributed by atoms with E-state index >= 15 is 0 Å². The van der Waals surface area contributed by atoms with Crippen molar-refractivity contribution in [1.82, 2.24) is 4.90 Å². The predicted octanol–water partition coefficient (Wildman–Crippen LogP) is 1.65. The van der Waals surface area contributed by atoms with Crippen LogP contribution in [0.25, 0.3) is 0 Å². The van der Waals surface area contributed by atoms with Gasteiger partial charge in [-0.2, -0.15) is 9.48 Å². The first kappa shape index (κ1) is 20.2. The summed E-state index contributed by atoms with van der Waals surface area (Å²) in [5, 5.41) is 2.67. The first-order valence-corrected chi connectivity index (χ1v) is 9.14. The molecule has 1 atom stereocenters. The van der Waals surface area contributed by atoms with Gasteiger partial charge in [-0.1, -0.05) is 0 Å². The number of rotatable bonds is 6. The molecule has 0 bridgehead atoms. The summed E-state index contributed by atoms with van der Waals surface area (Å²) in [7, 11) is 3.07.